The lowest BCUT2D eigenvalue weighted by atomic mass is 10.0. The molecule has 3 nitrogen and oxygen atoms in total. The molecule has 0 spiro atoms. The number of carbonyl (C=O) groups excluding carboxylic acids is 1. The summed E-state index contributed by atoms with van der Waals surface area (Å²) in [4.78, 5) is 17.1. The van der Waals surface area contributed by atoms with Crippen molar-refractivity contribution in [1.82, 2.24) is 0 Å². The topological polar surface area (TPSA) is 38.7 Å². The molecule has 5 heteroatoms. The molecule has 0 bridgehead atoms. The van der Waals surface area contributed by atoms with Gasteiger partial charge in [-0.25, -0.2) is 4.79 Å². The largest absolute Gasteiger partial charge is 0.338 e. The fourth-order valence-electron chi connectivity index (χ4n) is 3.02. The number of benzene rings is 2. The van der Waals surface area contributed by atoms with Gasteiger partial charge in [0.15, 0.2) is 0 Å². The third-order valence-corrected chi connectivity index (χ3v) is 5.51. The normalized spacial score (nSPS) is 22.6. The highest BCUT2D eigenvalue weighted by Gasteiger charge is 2.43. The molecule has 2 aromatic carbocycles. The summed E-state index contributed by atoms with van der Waals surface area (Å²) in [6, 6.07) is 15.9. The van der Waals surface area contributed by atoms with E-state index in [-0.39, 0.29) is 17.8 Å². The summed E-state index contributed by atoms with van der Waals surface area (Å²) < 4.78 is 1.01. The van der Waals surface area contributed by atoms with Crippen LogP contribution >= 0.6 is 27.5 Å². The zero-order valence-corrected chi connectivity index (χ0v) is 15.8. The number of hydrogen-bond donors (Lipinski definition) is 0. The van der Waals surface area contributed by atoms with Gasteiger partial charge in [0.05, 0.1) is 11.6 Å². The van der Waals surface area contributed by atoms with Gasteiger partial charge in [-0.05, 0) is 60.6 Å². The van der Waals surface area contributed by atoms with E-state index in [1.807, 2.05) is 36.4 Å². The molecule has 25 heavy (non-hydrogen) atoms. The van der Waals surface area contributed by atoms with E-state index in [1.54, 1.807) is 0 Å². The Morgan fingerprint density at radius 3 is 2.40 bits per heavy atom. The maximum atomic E-state index is 11.9. The van der Waals surface area contributed by atoms with E-state index in [9.17, 15) is 4.79 Å². The van der Waals surface area contributed by atoms with Crippen LogP contribution in [0, 0.1) is 11.8 Å². The first kappa shape index (κ1) is 16.8. The van der Waals surface area contributed by atoms with Gasteiger partial charge in [0.1, 0.15) is 0 Å². The minimum Gasteiger partial charge on any atom is -0.318 e. The van der Waals surface area contributed by atoms with Crippen molar-refractivity contribution in [3.8, 4) is 0 Å². The highest BCUT2D eigenvalue weighted by atomic mass is 79.9. The molecule has 0 unspecified atom stereocenters. The van der Waals surface area contributed by atoms with E-state index in [1.165, 1.54) is 5.56 Å². The van der Waals surface area contributed by atoms with Gasteiger partial charge in [0, 0.05) is 15.4 Å². The molecule has 2 saturated carbocycles. The van der Waals surface area contributed by atoms with Crippen LogP contribution in [0.25, 0.3) is 0 Å². The molecule has 2 aliphatic carbocycles. The zero-order valence-electron chi connectivity index (χ0n) is 13.5. The molecule has 0 aromatic heterocycles. The lowest BCUT2D eigenvalue weighted by Gasteiger charge is -2.07. The van der Waals surface area contributed by atoms with Gasteiger partial charge >= 0.3 is 5.97 Å². The third kappa shape index (κ3) is 3.96. The monoisotopic (exact) mass is 417 g/mol. The summed E-state index contributed by atoms with van der Waals surface area (Å²) in [5.41, 5.74) is 3.09. The Morgan fingerprint density at radius 1 is 1.08 bits per heavy atom. The van der Waals surface area contributed by atoms with Crippen LogP contribution in [0.15, 0.2) is 58.2 Å². The van der Waals surface area contributed by atoms with E-state index in [0.717, 1.165) is 40.0 Å². The summed E-state index contributed by atoms with van der Waals surface area (Å²) >= 11 is 9.44. The van der Waals surface area contributed by atoms with E-state index in [2.05, 4.69) is 33.2 Å². The Hall–Kier alpha value is -1.65. The van der Waals surface area contributed by atoms with Crippen LogP contribution in [0.5, 0.6) is 0 Å². The van der Waals surface area contributed by atoms with Gasteiger partial charge < -0.3 is 4.84 Å². The predicted molar refractivity (Wildman–Crippen MR) is 102 cm³/mol. The van der Waals surface area contributed by atoms with Gasteiger partial charge in [0.2, 0.25) is 0 Å². The Labute approximate surface area is 160 Å². The molecule has 0 saturated heterocycles. The van der Waals surface area contributed by atoms with Crippen molar-refractivity contribution < 1.29 is 9.63 Å². The molecule has 0 amide bonds. The fourth-order valence-corrected chi connectivity index (χ4v) is 3.41. The zero-order chi connectivity index (χ0) is 17.4. The van der Waals surface area contributed by atoms with Crippen molar-refractivity contribution in [2.45, 2.75) is 25.2 Å². The first-order valence-corrected chi connectivity index (χ1v) is 9.59. The molecule has 2 aromatic rings. The van der Waals surface area contributed by atoms with E-state index < -0.39 is 0 Å². The first-order valence-electron chi connectivity index (χ1n) is 8.42. The minimum atomic E-state index is -0.210. The van der Waals surface area contributed by atoms with Crippen LogP contribution in [0.1, 0.15) is 36.3 Å². The molecule has 2 atom stereocenters. The highest BCUT2D eigenvalue weighted by Crippen LogP contribution is 2.49. The number of rotatable bonds is 5. The van der Waals surface area contributed by atoms with Crippen LogP contribution in [-0.4, -0.2) is 11.7 Å². The molecule has 0 aliphatic heterocycles. The van der Waals surface area contributed by atoms with Crippen molar-refractivity contribution in [2.75, 3.05) is 0 Å². The second-order valence-corrected chi connectivity index (χ2v) is 8.02. The van der Waals surface area contributed by atoms with Gasteiger partial charge in [-0.1, -0.05) is 57.0 Å². The van der Waals surface area contributed by atoms with Crippen molar-refractivity contribution in [1.29, 1.82) is 0 Å². The molecular weight excluding hydrogens is 402 g/mol. The van der Waals surface area contributed by atoms with Gasteiger partial charge in [0.25, 0.3) is 0 Å². The van der Waals surface area contributed by atoms with Crippen LogP contribution in [0.3, 0.4) is 0 Å². The van der Waals surface area contributed by atoms with Crippen LogP contribution in [-0.2, 0) is 9.63 Å². The smallest absolute Gasteiger partial charge is 0.318 e. The molecule has 0 heterocycles. The Balaban J connectivity index is 1.57. The van der Waals surface area contributed by atoms with E-state index in [0.29, 0.717) is 5.92 Å². The van der Waals surface area contributed by atoms with Crippen molar-refractivity contribution in [3.05, 3.63) is 69.2 Å². The maximum absolute atomic E-state index is 11.9. The minimum absolute atomic E-state index is 0.0428. The summed E-state index contributed by atoms with van der Waals surface area (Å²) in [6.45, 7) is 0. The fraction of sp³-hybridized carbons (Fsp3) is 0.300. The summed E-state index contributed by atoms with van der Waals surface area (Å²) in [5, 5.41) is 5.00. The van der Waals surface area contributed by atoms with E-state index >= 15 is 0 Å². The summed E-state index contributed by atoms with van der Waals surface area (Å²) in [7, 11) is 0. The third-order valence-electron chi connectivity index (χ3n) is 4.72. The van der Waals surface area contributed by atoms with Gasteiger partial charge in [-0.15, -0.1) is 0 Å². The number of halogens is 2. The number of carbonyl (C=O) groups is 1. The first-order chi connectivity index (χ1) is 12.1. The summed E-state index contributed by atoms with van der Waals surface area (Å²) in [5.74, 6) is 0.480. The second-order valence-electron chi connectivity index (χ2n) is 6.67. The van der Waals surface area contributed by atoms with Crippen LogP contribution in [0.2, 0.25) is 5.02 Å². The van der Waals surface area contributed by atoms with Crippen molar-refractivity contribution >= 4 is 39.2 Å². The lowest BCUT2D eigenvalue weighted by molar-refractivity contribution is -0.145. The van der Waals surface area contributed by atoms with Crippen LogP contribution in [0.4, 0.5) is 0 Å². The maximum Gasteiger partial charge on any atom is 0.338 e. The average molecular weight is 419 g/mol. The molecule has 128 valence electrons. The van der Waals surface area contributed by atoms with Crippen LogP contribution < -0.4 is 0 Å². The second kappa shape index (κ2) is 6.93. The van der Waals surface area contributed by atoms with E-state index in [4.69, 9.17) is 16.4 Å². The molecule has 0 N–H and O–H groups in total. The lowest BCUT2D eigenvalue weighted by Crippen LogP contribution is -2.10. The SMILES string of the molecule is O=C(O/N=C(/c1ccc(Br)cc1)[C@H]1C[C@@H]1c1ccc(Cl)cc1)C1CC1. The molecule has 0 radical (unpaired) electrons. The Bertz CT molecular complexity index is 813. The predicted octanol–water partition coefficient (Wildman–Crippen LogP) is 5.56. The number of nitrogens with zero attached hydrogens (tertiary/aromatic N) is 1. The Morgan fingerprint density at radius 2 is 1.76 bits per heavy atom. The van der Waals surface area contributed by atoms with Gasteiger partial charge in [-0.2, -0.15) is 0 Å². The summed E-state index contributed by atoms with van der Waals surface area (Å²) in [6.07, 6.45) is 2.83. The average Bonchev–Trinajstić information content (AvgIpc) is 3.51. The molecular formula is C20H17BrClNO2. The molecule has 2 aliphatic rings. The molecule has 2 fully saturated rings. The standard InChI is InChI=1S/C20H17BrClNO2/c21-15-7-3-13(4-8-15)19(23-25-20(24)14-1-2-14)18-11-17(18)12-5-9-16(22)10-6-12/h3-10,14,17-18H,1-2,11H2/b23-19-/t17-,18+/m1/s1. The number of oxime groups is 1. The van der Waals surface area contributed by atoms with Gasteiger partial charge in [-0.3, -0.25) is 0 Å². The van der Waals surface area contributed by atoms with Crippen molar-refractivity contribution in [2.24, 2.45) is 17.0 Å². The quantitative estimate of drug-likeness (QED) is 0.362. The molecule has 4 rings (SSSR count). The van der Waals surface area contributed by atoms with Crippen molar-refractivity contribution in [3.63, 3.8) is 0 Å². The number of hydrogen-bond acceptors (Lipinski definition) is 3. The Kier molecular flexibility index (Phi) is 4.65. The highest BCUT2D eigenvalue weighted by molar-refractivity contribution is 9.10.